The molecule has 1 atom stereocenters. The van der Waals surface area contributed by atoms with Gasteiger partial charge in [-0.15, -0.1) is 0 Å². The highest BCUT2D eigenvalue weighted by molar-refractivity contribution is 6.04. The van der Waals surface area contributed by atoms with Crippen LogP contribution in [0.3, 0.4) is 0 Å². The van der Waals surface area contributed by atoms with Gasteiger partial charge < -0.3 is 18.8 Å². The fourth-order valence-electron chi connectivity index (χ4n) is 5.41. The molecule has 2 aliphatic rings. The molecule has 1 aliphatic heterocycles. The summed E-state index contributed by atoms with van der Waals surface area (Å²) in [4.78, 5) is 10.6. The van der Waals surface area contributed by atoms with E-state index in [0.29, 0.717) is 41.2 Å². The van der Waals surface area contributed by atoms with E-state index in [1.165, 1.54) is 36.6 Å². The van der Waals surface area contributed by atoms with Crippen LogP contribution < -0.4 is 9.47 Å². The van der Waals surface area contributed by atoms with Crippen molar-refractivity contribution in [3.05, 3.63) is 53.5 Å². The van der Waals surface area contributed by atoms with Crippen LogP contribution >= 0.6 is 0 Å². The number of rotatable bonds is 7. The molecule has 0 N–H and O–H groups in total. The zero-order chi connectivity index (χ0) is 25.6. The van der Waals surface area contributed by atoms with Gasteiger partial charge in [-0.05, 0) is 44.4 Å². The van der Waals surface area contributed by atoms with Crippen LogP contribution in [0.1, 0.15) is 69.1 Å². The summed E-state index contributed by atoms with van der Waals surface area (Å²) < 4.78 is 18.7. The number of hydrogen-bond acceptors (Lipinski definition) is 8. The van der Waals surface area contributed by atoms with E-state index in [4.69, 9.17) is 23.9 Å². The molecule has 0 spiro atoms. The minimum absolute atomic E-state index is 0.365. The molecule has 37 heavy (non-hydrogen) atoms. The second kappa shape index (κ2) is 9.21. The number of fused-ring (bicyclic) bond motifs is 1. The van der Waals surface area contributed by atoms with Crippen molar-refractivity contribution in [3.8, 4) is 22.9 Å². The van der Waals surface area contributed by atoms with Crippen molar-refractivity contribution < 1.29 is 18.8 Å². The van der Waals surface area contributed by atoms with Gasteiger partial charge in [0.2, 0.25) is 11.4 Å². The van der Waals surface area contributed by atoms with E-state index >= 15 is 0 Å². The number of hydrogen-bond donors (Lipinski definition) is 0. The number of benzene rings is 2. The molecule has 6 rings (SSSR count). The second-order valence-corrected chi connectivity index (χ2v) is 9.94. The van der Waals surface area contributed by atoms with Gasteiger partial charge in [-0.2, -0.15) is 10.1 Å². The fraction of sp³-hybridized carbons (Fsp3) is 0.429. The van der Waals surface area contributed by atoms with Gasteiger partial charge in [-0.1, -0.05) is 42.2 Å². The summed E-state index contributed by atoms with van der Waals surface area (Å²) in [6.07, 6.45) is 6.32. The number of aromatic nitrogens is 4. The van der Waals surface area contributed by atoms with Crippen molar-refractivity contribution in [2.45, 2.75) is 64.0 Å². The Kier molecular flexibility index (Phi) is 5.85. The Morgan fingerprint density at radius 3 is 2.68 bits per heavy atom. The fourth-order valence-corrected chi connectivity index (χ4v) is 5.41. The van der Waals surface area contributed by atoms with Crippen LogP contribution in [-0.4, -0.2) is 39.9 Å². The lowest BCUT2D eigenvalue weighted by molar-refractivity contribution is -0.0313. The summed E-state index contributed by atoms with van der Waals surface area (Å²) in [5.74, 6) is 2.07. The maximum Gasteiger partial charge on any atom is 0.274 e. The first kappa shape index (κ1) is 23.5. The third-order valence-corrected chi connectivity index (χ3v) is 7.51. The molecular formula is C28H31N5O4. The van der Waals surface area contributed by atoms with Crippen molar-refractivity contribution in [1.82, 2.24) is 19.9 Å². The molecule has 1 saturated carbocycles. The second-order valence-electron chi connectivity index (χ2n) is 9.94. The Morgan fingerprint density at radius 2 is 1.92 bits per heavy atom. The van der Waals surface area contributed by atoms with Crippen LogP contribution in [0.2, 0.25) is 0 Å². The van der Waals surface area contributed by atoms with Crippen LogP contribution in [0.5, 0.6) is 11.5 Å². The topological polar surface area (TPSA) is 96.8 Å². The molecule has 1 unspecified atom stereocenters. The minimum atomic E-state index is -0.866. The van der Waals surface area contributed by atoms with Gasteiger partial charge in [0.15, 0.2) is 0 Å². The van der Waals surface area contributed by atoms with Gasteiger partial charge in [0.25, 0.3) is 5.89 Å². The van der Waals surface area contributed by atoms with E-state index in [2.05, 4.69) is 45.1 Å². The molecule has 4 aromatic rings. The first-order chi connectivity index (χ1) is 18.0. The molecule has 9 heteroatoms. The smallest absolute Gasteiger partial charge is 0.274 e. The predicted octanol–water partition coefficient (Wildman–Crippen LogP) is 5.82. The Bertz CT molecular complexity index is 1480. The predicted molar refractivity (Wildman–Crippen MR) is 139 cm³/mol. The molecule has 1 aliphatic carbocycles. The highest BCUT2D eigenvalue weighted by Crippen LogP contribution is 2.39. The summed E-state index contributed by atoms with van der Waals surface area (Å²) in [5.41, 5.74) is 4.03. The molecule has 0 amide bonds. The number of ether oxygens (including phenoxy) is 2. The normalized spacial score (nSPS) is 19.8. The molecule has 0 saturated heterocycles. The van der Waals surface area contributed by atoms with Gasteiger partial charge in [0.1, 0.15) is 11.5 Å². The number of oxime groups is 1. The molecule has 3 heterocycles. The van der Waals surface area contributed by atoms with E-state index in [-0.39, 0.29) is 0 Å². The zero-order valence-electron chi connectivity index (χ0n) is 21.7. The molecule has 9 nitrogen and oxygen atoms in total. The van der Waals surface area contributed by atoms with Crippen LogP contribution in [0, 0.1) is 0 Å². The first-order valence-corrected chi connectivity index (χ1v) is 12.9. The monoisotopic (exact) mass is 501 g/mol. The quantitative estimate of drug-likeness (QED) is 0.315. The Balaban J connectivity index is 1.28. The van der Waals surface area contributed by atoms with E-state index in [1.54, 1.807) is 20.3 Å². The lowest BCUT2D eigenvalue weighted by Crippen LogP contribution is -2.22. The first-order valence-electron chi connectivity index (χ1n) is 12.9. The summed E-state index contributed by atoms with van der Waals surface area (Å²) in [6.45, 7) is 4.08. The average molecular weight is 502 g/mol. The minimum Gasteiger partial charge on any atom is -0.497 e. The van der Waals surface area contributed by atoms with Crippen LogP contribution in [0.15, 0.2) is 46.1 Å². The van der Waals surface area contributed by atoms with Crippen molar-refractivity contribution in [2.75, 3.05) is 14.2 Å². The Hall–Kier alpha value is -3.88. The van der Waals surface area contributed by atoms with Crippen LogP contribution in [-0.2, 0) is 16.9 Å². The van der Waals surface area contributed by atoms with E-state index < -0.39 is 5.60 Å². The average Bonchev–Trinajstić information content (AvgIpc) is 3.73. The van der Waals surface area contributed by atoms with Crippen molar-refractivity contribution in [2.24, 2.45) is 5.16 Å². The summed E-state index contributed by atoms with van der Waals surface area (Å²) in [7, 11) is 3.21. The molecule has 2 aromatic carbocycles. The molecular weight excluding hydrogens is 470 g/mol. The highest BCUT2D eigenvalue weighted by atomic mass is 16.7. The summed E-state index contributed by atoms with van der Waals surface area (Å²) in [5, 5.41) is 14.9. The Labute approximate surface area is 215 Å². The summed E-state index contributed by atoms with van der Waals surface area (Å²) >= 11 is 0. The van der Waals surface area contributed by atoms with E-state index in [1.807, 2.05) is 19.1 Å². The van der Waals surface area contributed by atoms with Crippen molar-refractivity contribution >= 4 is 16.6 Å². The lowest BCUT2D eigenvalue weighted by Gasteiger charge is -2.15. The molecule has 0 radical (unpaired) electrons. The van der Waals surface area contributed by atoms with Gasteiger partial charge in [-0.25, -0.2) is 0 Å². The number of nitrogens with zero attached hydrogens (tertiary/aromatic N) is 5. The van der Waals surface area contributed by atoms with E-state index in [9.17, 15) is 0 Å². The largest absolute Gasteiger partial charge is 0.497 e. The summed E-state index contributed by atoms with van der Waals surface area (Å²) in [6, 6.07) is 12.4. The van der Waals surface area contributed by atoms with Gasteiger partial charge in [0.05, 0.1) is 42.7 Å². The third kappa shape index (κ3) is 4.02. The molecule has 0 bridgehead atoms. The van der Waals surface area contributed by atoms with Crippen molar-refractivity contribution in [1.29, 1.82) is 0 Å². The maximum atomic E-state index is 5.92. The standard InChI is InChI=1S/C28H31N5O4/c1-5-22-20-12-10-17(14-24(20)33(30-22)18-8-6-7-9-18)23-16-28(2,37-31-23)27-29-26(32-36-27)21-13-11-19(34-3)15-25(21)35-4/h10-15,18H,5-9,16H2,1-4H3. The van der Waals surface area contributed by atoms with Crippen molar-refractivity contribution in [3.63, 3.8) is 0 Å². The van der Waals surface area contributed by atoms with Crippen LogP contribution in [0.4, 0.5) is 0 Å². The zero-order valence-corrected chi connectivity index (χ0v) is 21.7. The molecule has 192 valence electrons. The lowest BCUT2D eigenvalue weighted by atomic mass is 9.95. The SMILES string of the molecule is CCc1nn(C2CCCC2)c2cc(C3=NOC(C)(c4nc(-c5ccc(OC)cc5OC)no4)C3)ccc12. The van der Waals surface area contributed by atoms with E-state index in [0.717, 1.165) is 23.4 Å². The Morgan fingerprint density at radius 1 is 1.08 bits per heavy atom. The third-order valence-electron chi connectivity index (χ3n) is 7.51. The van der Waals surface area contributed by atoms with Crippen LogP contribution in [0.25, 0.3) is 22.3 Å². The highest BCUT2D eigenvalue weighted by Gasteiger charge is 2.42. The van der Waals surface area contributed by atoms with Gasteiger partial charge in [0, 0.05) is 23.4 Å². The number of aryl methyl sites for hydroxylation is 1. The number of methoxy groups -OCH3 is 2. The van der Waals surface area contributed by atoms with Gasteiger partial charge >= 0.3 is 0 Å². The molecule has 1 fully saturated rings. The molecule has 2 aromatic heterocycles. The maximum absolute atomic E-state index is 5.92. The van der Waals surface area contributed by atoms with Gasteiger partial charge in [-0.3, -0.25) is 4.68 Å².